The highest BCUT2D eigenvalue weighted by Gasteiger charge is 2.07. The fourth-order valence-electron chi connectivity index (χ4n) is 3.19. The molecular weight excluding hydrogens is 362 g/mol. The van der Waals surface area contributed by atoms with Crippen LogP contribution in [0.1, 0.15) is 21.5 Å². The molecule has 0 radical (unpaired) electrons. The highest BCUT2D eigenvalue weighted by atomic mass is 16.5. The number of carbonyl (C=O) groups excluding carboxylic acids is 1. The zero-order valence-electron chi connectivity index (χ0n) is 16.1. The van der Waals surface area contributed by atoms with Gasteiger partial charge in [0.2, 0.25) is 0 Å². The van der Waals surface area contributed by atoms with E-state index in [4.69, 9.17) is 4.74 Å². The minimum Gasteiger partial charge on any atom is -0.496 e. The molecule has 0 atom stereocenters. The smallest absolute Gasteiger partial charge is 0.185 e. The first kappa shape index (κ1) is 18.5. The Kier molecular flexibility index (Phi) is 5.38. The summed E-state index contributed by atoms with van der Waals surface area (Å²) in [4.78, 5) is 12.7. The van der Waals surface area contributed by atoms with Crippen LogP contribution in [0.25, 0.3) is 11.8 Å². The van der Waals surface area contributed by atoms with E-state index in [-0.39, 0.29) is 5.78 Å². The topological polar surface area (TPSA) is 49.0 Å². The Morgan fingerprint density at radius 3 is 2.66 bits per heavy atom. The van der Waals surface area contributed by atoms with Crippen LogP contribution in [-0.4, -0.2) is 27.2 Å². The molecule has 0 N–H and O–H groups in total. The number of nitrogens with zero attached hydrogens (tertiary/aromatic N) is 3. The van der Waals surface area contributed by atoms with E-state index in [0.29, 0.717) is 12.1 Å². The standard InChI is InChI=1S/C24H21N3O2/c1-29-24-11-9-19(16-21(24)18-27-15-5-12-25-27)8-10-23(28)20-6-4-7-22(17-20)26-13-2-3-14-26/h2-17H,18H2,1H3/b10-8+. The number of hydrogen-bond acceptors (Lipinski definition) is 3. The van der Waals surface area contributed by atoms with E-state index in [9.17, 15) is 4.79 Å². The second kappa shape index (κ2) is 8.44. The van der Waals surface area contributed by atoms with E-state index in [2.05, 4.69) is 5.10 Å². The summed E-state index contributed by atoms with van der Waals surface area (Å²) in [5.41, 5.74) is 3.54. The molecule has 0 spiro atoms. The molecule has 29 heavy (non-hydrogen) atoms. The maximum atomic E-state index is 12.7. The molecular formula is C24H21N3O2. The van der Waals surface area contributed by atoms with Gasteiger partial charge in [0.05, 0.1) is 13.7 Å². The van der Waals surface area contributed by atoms with Gasteiger partial charge in [0.1, 0.15) is 5.75 Å². The Balaban J connectivity index is 1.54. The van der Waals surface area contributed by atoms with Crippen LogP contribution >= 0.6 is 0 Å². The molecule has 4 aromatic rings. The summed E-state index contributed by atoms with van der Waals surface area (Å²) in [5, 5.41) is 4.25. The predicted molar refractivity (Wildman–Crippen MR) is 113 cm³/mol. The largest absolute Gasteiger partial charge is 0.496 e. The summed E-state index contributed by atoms with van der Waals surface area (Å²) >= 11 is 0. The first-order valence-electron chi connectivity index (χ1n) is 9.33. The number of ether oxygens (including phenoxy) is 1. The minimum absolute atomic E-state index is 0.0385. The SMILES string of the molecule is COc1ccc(/C=C/C(=O)c2cccc(-n3cccc3)c2)cc1Cn1cccn1. The number of ketones is 1. The summed E-state index contributed by atoms with van der Waals surface area (Å²) in [6, 6.07) is 19.3. The summed E-state index contributed by atoms with van der Waals surface area (Å²) in [6.45, 7) is 0.602. The van der Waals surface area contributed by atoms with Gasteiger partial charge in [-0.15, -0.1) is 0 Å². The van der Waals surface area contributed by atoms with Gasteiger partial charge in [-0.3, -0.25) is 9.48 Å². The number of hydrogen-bond donors (Lipinski definition) is 0. The summed E-state index contributed by atoms with van der Waals surface area (Å²) in [7, 11) is 1.65. The molecule has 2 aromatic heterocycles. The van der Waals surface area contributed by atoms with Gasteiger partial charge in [-0.1, -0.05) is 24.3 Å². The molecule has 0 saturated heterocycles. The van der Waals surface area contributed by atoms with Crippen LogP contribution < -0.4 is 4.74 Å². The van der Waals surface area contributed by atoms with Gasteiger partial charge in [0.25, 0.3) is 0 Å². The van der Waals surface area contributed by atoms with Crippen molar-refractivity contribution in [1.29, 1.82) is 0 Å². The first-order chi connectivity index (χ1) is 14.2. The lowest BCUT2D eigenvalue weighted by Gasteiger charge is -2.10. The molecule has 0 bridgehead atoms. The van der Waals surface area contributed by atoms with Gasteiger partial charge in [-0.25, -0.2) is 0 Å². The molecule has 0 saturated carbocycles. The zero-order chi connectivity index (χ0) is 20.1. The lowest BCUT2D eigenvalue weighted by molar-refractivity contribution is 0.104. The number of carbonyl (C=O) groups is 1. The fourth-order valence-corrected chi connectivity index (χ4v) is 3.19. The molecule has 0 aliphatic heterocycles. The van der Waals surface area contributed by atoms with E-state index >= 15 is 0 Å². The quantitative estimate of drug-likeness (QED) is 0.345. The average molecular weight is 383 g/mol. The molecule has 0 amide bonds. The van der Waals surface area contributed by atoms with E-state index in [0.717, 1.165) is 22.6 Å². The summed E-state index contributed by atoms with van der Waals surface area (Å²) < 4.78 is 9.27. The monoisotopic (exact) mass is 383 g/mol. The molecule has 0 aliphatic rings. The average Bonchev–Trinajstić information content (AvgIpc) is 3.47. The van der Waals surface area contributed by atoms with Gasteiger partial charge in [-0.05, 0) is 54.1 Å². The van der Waals surface area contributed by atoms with Crippen LogP contribution in [0.4, 0.5) is 0 Å². The Morgan fingerprint density at radius 2 is 1.90 bits per heavy atom. The summed E-state index contributed by atoms with van der Waals surface area (Å²) in [5.74, 6) is 0.756. The number of methoxy groups -OCH3 is 1. The van der Waals surface area contributed by atoms with E-state index in [1.165, 1.54) is 0 Å². The van der Waals surface area contributed by atoms with Crippen molar-refractivity contribution < 1.29 is 9.53 Å². The zero-order valence-corrected chi connectivity index (χ0v) is 16.1. The maximum Gasteiger partial charge on any atom is 0.185 e. The van der Waals surface area contributed by atoms with Gasteiger partial charge in [0, 0.05) is 41.6 Å². The van der Waals surface area contributed by atoms with Crippen molar-refractivity contribution >= 4 is 11.9 Å². The van der Waals surface area contributed by atoms with Crippen molar-refractivity contribution in [3.8, 4) is 11.4 Å². The van der Waals surface area contributed by atoms with Crippen LogP contribution in [-0.2, 0) is 6.54 Å². The van der Waals surface area contributed by atoms with Crippen molar-refractivity contribution in [2.24, 2.45) is 0 Å². The van der Waals surface area contributed by atoms with Crippen molar-refractivity contribution in [3.63, 3.8) is 0 Å². The van der Waals surface area contributed by atoms with Gasteiger partial charge in [-0.2, -0.15) is 5.10 Å². The molecule has 2 aromatic carbocycles. The van der Waals surface area contributed by atoms with E-state index in [1.807, 2.05) is 94.6 Å². The number of benzene rings is 2. The lowest BCUT2D eigenvalue weighted by atomic mass is 10.1. The first-order valence-corrected chi connectivity index (χ1v) is 9.33. The number of rotatable bonds is 7. The van der Waals surface area contributed by atoms with Crippen molar-refractivity contribution in [2.75, 3.05) is 7.11 Å². The number of allylic oxidation sites excluding steroid dienone is 1. The Labute approximate surface area is 169 Å². The van der Waals surface area contributed by atoms with Gasteiger partial charge in [0.15, 0.2) is 5.78 Å². The van der Waals surface area contributed by atoms with Crippen LogP contribution in [0.3, 0.4) is 0 Å². The van der Waals surface area contributed by atoms with Gasteiger partial charge >= 0.3 is 0 Å². The number of aromatic nitrogens is 3. The fraction of sp³-hybridized carbons (Fsp3) is 0.0833. The van der Waals surface area contributed by atoms with Crippen LogP contribution in [0.2, 0.25) is 0 Å². The highest BCUT2D eigenvalue weighted by Crippen LogP contribution is 2.22. The van der Waals surface area contributed by atoms with Crippen LogP contribution in [0.15, 0.2) is 91.5 Å². The van der Waals surface area contributed by atoms with E-state index in [1.54, 1.807) is 19.4 Å². The molecule has 144 valence electrons. The third-order valence-electron chi connectivity index (χ3n) is 4.66. The van der Waals surface area contributed by atoms with Crippen molar-refractivity contribution in [2.45, 2.75) is 6.54 Å². The van der Waals surface area contributed by atoms with Gasteiger partial charge < -0.3 is 9.30 Å². The second-order valence-corrected chi connectivity index (χ2v) is 6.61. The molecule has 0 unspecified atom stereocenters. The van der Waals surface area contributed by atoms with Crippen LogP contribution in [0.5, 0.6) is 5.75 Å². The molecule has 0 fully saturated rings. The van der Waals surface area contributed by atoms with Crippen molar-refractivity contribution in [3.05, 3.63) is 108 Å². The molecule has 5 nitrogen and oxygen atoms in total. The molecule has 0 aliphatic carbocycles. The maximum absolute atomic E-state index is 12.7. The predicted octanol–water partition coefficient (Wildman–Crippen LogP) is 4.63. The second-order valence-electron chi connectivity index (χ2n) is 6.61. The molecule has 5 heteroatoms. The molecule has 2 heterocycles. The van der Waals surface area contributed by atoms with Crippen LogP contribution in [0, 0.1) is 0 Å². The van der Waals surface area contributed by atoms with E-state index < -0.39 is 0 Å². The third kappa shape index (κ3) is 4.35. The summed E-state index contributed by atoms with van der Waals surface area (Å²) in [6.07, 6.45) is 11.0. The minimum atomic E-state index is -0.0385. The van der Waals surface area contributed by atoms with Crippen molar-refractivity contribution in [1.82, 2.24) is 14.3 Å². The highest BCUT2D eigenvalue weighted by molar-refractivity contribution is 6.07. The lowest BCUT2D eigenvalue weighted by Crippen LogP contribution is -2.02. The Hall–Kier alpha value is -3.86. The normalized spacial score (nSPS) is 11.1. The molecule has 4 rings (SSSR count). The Bertz CT molecular complexity index is 1130. The Morgan fingerprint density at radius 1 is 1.03 bits per heavy atom. The third-order valence-corrected chi connectivity index (χ3v) is 4.66.